The zero-order chi connectivity index (χ0) is 24.6. The normalized spacial score (nSPS) is 10.7. The number of halogens is 1. The van der Waals surface area contributed by atoms with Crippen LogP contribution in [0.1, 0.15) is 15.9 Å². The van der Waals surface area contributed by atoms with Gasteiger partial charge in [0.05, 0.1) is 11.8 Å². The van der Waals surface area contributed by atoms with Gasteiger partial charge < -0.3 is 4.74 Å². The first-order valence-corrected chi connectivity index (χ1v) is 11.3. The number of carbonyl (C=O) groups excluding carboxylic acids is 3. The third kappa shape index (κ3) is 6.56. The summed E-state index contributed by atoms with van der Waals surface area (Å²) in [5.41, 5.74) is 3.86. The number of ether oxygens (including phenoxy) is 1. The van der Waals surface area contributed by atoms with Gasteiger partial charge in [0, 0.05) is 10.6 Å². The van der Waals surface area contributed by atoms with Gasteiger partial charge in [-0.1, -0.05) is 65.4 Å². The first kappa shape index (κ1) is 23.7. The molecule has 0 unspecified atom stereocenters. The lowest BCUT2D eigenvalue weighted by Gasteiger charge is -2.05. The Kier molecular flexibility index (Phi) is 7.56. The molecule has 1 aromatic heterocycles. The highest BCUT2D eigenvalue weighted by Crippen LogP contribution is 2.25. The van der Waals surface area contributed by atoms with Crippen LogP contribution in [0.4, 0.5) is 5.13 Å². The number of anilines is 1. The molecule has 4 rings (SSSR count). The van der Waals surface area contributed by atoms with Crippen LogP contribution in [0.15, 0.2) is 84.0 Å². The number of benzene rings is 3. The van der Waals surface area contributed by atoms with Gasteiger partial charge in [0.15, 0.2) is 0 Å². The summed E-state index contributed by atoms with van der Waals surface area (Å²) in [6.07, 6.45) is 1.31. The lowest BCUT2D eigenvalue weighted by molar-refractivity contribution is -0.136. The summed E-state index contributed by atoms with van der Waals surface area (Å²) in [5.74, 6) is -2.19. The SMILES string of the molecule is O=C(N/N=C/c1cccc(OC(=O)c2ccc(Cl)cc2)c1)C(=O)Nc1nnc(-c2ccccc2)s1. The van der Waals surface area contributed by atoms with E-state index in [0.717, 1.165) is 16.9 Å². The summed E-state index contributed by atoms with van der Waals surface area (Å²) in [6.45, 7) is 0. The van der Waals surface area contributed by atoms with Crippen LogP contribution in [0.2, 0.25) is 5.02 Å². The van der Waals surface area contributed by atoms with E-state index in [2.05, 4.69) is 26.0 Å². The van der Waals surface area contributed by atoms with Crippen molar-refractivity contribution in [1.29, 1.82) is 0 Å². The smallest absolute Gasteiger partial charge is 0.343 e. The molecule has 0 bridgehead atoms. The van der Waals surface area contributed by atoms with Crippen molar-refractivity contribution in [3.63, 3.8) is 0 Å². The van der Waals surface area contributed by atoms with Gasteiger partial charge >= 0.3 is 17.8 Å². The van der Waals surface area contributed by atoms with Gasteiger partial charge in [0.25, 0.3) is 0 Å². The second-order valence-corrected chi connectivity index (χ2v) is 8.31. The summed E-state index contributed by atoms with van der Waals surface area (Å²) in [7, 11) is 0. The fourth-order valence-electron chi connectivity index (χ4n) is 2.75. The molecule has 0 radical (unpaired) electrons. The quantitative estimate of drug-likeness (QED) is 0.133. The first-order valence-electron chi connectivity index (χ1n) is 10.1. The number of esters is 1. The molecular formula is C24H16ClN5O4S. The summed E-state index contributed by atoms with van der Waals surface area (Å²) >= 11 is 6.96. The van der Waals surface area contributed by atoms with Crippen molar-refractivity contribution in [2.75, 3.05) is 5.32 Å². The highest BCUT2D eigenvalue weighted by Gasteiger charge is 2.16. The number of aromatic nitrogens is 2. The topological polar surface area (TPSA) is 123 Å². The van der Waals surface area contributed by atoms with Gasteiger partial charge in [-0.05, 0) is 42.0 Å². The zero-order valence-corrected chi connectivity index (χ0v) is 19.4. The monoisotopic (exact) mass is 505 g/mol. The van der Waals surface area contributed by atoms with Gasteiger partial charge in [0.2, 0.25) is 5.13 Å². The Morgan fingerprint density at radius 2 is 1.69 bits per heavy atom. The molecule has 2 amide bonds. The van der Waals surface area contributed by atoms with E-state index < -0.39 is 17.8 Å². The molecule has 9 nitrogen and oxygen atoms in total. The highest BCUT2D eigenvalue weighted by atomic mass is 35.5. The van der Waals surface area contributed by atoms with Crippen molar-refractivity contribution in [2.24, 2.45) is 5.10 Å². The number of rotatable bonds is 6. The molecule has 0 saturated heterocycles. The van der Waals surface area contributed by atoms with E-state index in [1.807, 2.05) is 30.3 Å². The van der Waals surface area contributed by atoms with Gasteiger partial charge in [-0.2, -0.15) is 5.10 Å². The highest BCUT2D eigenvalue weighted by molar-refractivity contribution is 7.18. The van der Waals surface area contributed by atoms with E-state index in [1.54, 1.807) is 48.5 Å². The molecule has 0 aliphatic carbocycles. The third-order valence-electron chi connectivity index (χ3n) is 4.40. The van der Waals surface area contributed by atoms with Crippen molar-refractivity contribution >= 4 is 52.1 Å². The molecule has 0 saturated carbocycles. The van der Waals surface area contributed by atoms with Crippen LogP contribution in [0, 0.1) is 0 Å². The van der Waals surface area contributed by atoms with Crippen LogP contribution in [0.25, 0.3) is 10.6 Å². The molecule has 35 heavy (non-hydrogen) atoms. The average Bonchev–Trinajstić information content (AvgIpc) is 3.33. The number of nitrogens with zero attached hydrogens (tertiary/aromatic N) is 3. The Bertz CT molecular complexity index is 1390. The molecule has 0 aliphatic heterocycles. The van der Waals surface area contributed by atoms with E-state index in [-0.39, 0.29) is 10.9 Å². The van der Waals surface area contributed by atoms with E-state index >= 15 is 0 Å². The Morgan fingerprint density at radius 3 is 2.46 bits per heavy atom. The molecule has 0 atom stereocenters. The largest absolute Gasteiger partial charge is 0.423 e. The third-order valence-corrected chi connectivity index (χ3v) is 5.54. The van der Waals surface area contributed by atoms with Crippen LogP contribution in [-0.4, -0.2) is 34.2 Å². The van der Waals surface area contributed by atoms with Gasteiger partial charge in [-0.3, -0.25) is 14.9 Å². The van der Waals surface area contributed by atoms with Crippen LogP contribution >= 0.6 is 22.9 Å². The number of hydrazone groups is 1. The van der Waals surface area contributed by atoms with E-state index in [9.17, 15) is 14.4 Å². The Labute approximate surface area is 208 Å². The molecule has 0 fully saturated rings. The molecule has 0 aliphatic rings. The van der Waals surface area contributed by atoms with Crippen molar-refractivity contribution in [2.45, 2.75) is 0 Å². The Hall–Kier alpha value is -4.41. The molecule has 4 aromatic rings. The second-order valence-electron chi connectivity index (χ2n) is 6.90. The molecule has 1 heterocycles. The van der Waals surface area contributed by atoms with Crippen LogP contribution in [0.5, 0.6) is 5.75 Å². The lowest BCUT2D eigenvalue weighted by Crippen LogP contribution is -2.32. The minimum atomic E-state index is -0.983. The van der Waals surface area contributed by atoms with Crippen LogP contribution in [0.3, 0.4) is 0 Å². The van der Waals surface area contributed by atoms with Crippen molar-refractivity contribution in [1.82, 2.24) is 15.6 Å². The predicted molar refractivity (Wildman–Crippen MR) is 133 cm³/mol. The van der Waals surface area contributed by atoms with Gasteiger partial charge in [-0.15, -0.1) is 10.2 Å². The first-order chi connectivity index (χ1) is 17.0. The van der Waals surface area contributed by atoms with Gasteiger partial charge in [0.1, 0.15) is 10.8 Å². The minimum Gasteiger partial charge on any atom is -0.423 e. The summed E-state index contributed by atoms with van der Waals surface area (Å²) in [6, 6.07) is 22.1. The van der Waals surface area contributed by atoms with E-state index in [1.165, 1.54) is 6.21 Å². The van der Waals surface area contributed by atoms with Crippen molar-refractivity contribution in [3.8, 4) is 16.3 Å². The van der Waals surface area contributed by atoms with E-state index in [4.69, 9.17) is 16.3 Å². The molecule has 11 heteroatoms. The van der Waals surface area contributed by atoms with Crippen molar-refractivity contribution < 1.29 is 19.1 Å². The summed E-state index contributed by atoms with van der Waals surface area (Å²) in [5, 5.41) is 15.3. The Morgan fingerprint density at radius 1 is 0.914 bits per heavy atom. The maximum Gasteiger partial charge on any atom is 0.343 e. The van der Waals surface area contributed by atoms with Crippen LogP contribution in [-0.2, 0) is 9.59 Å². The predicted octanol–water partition coefficient (Wildman–Crippen LogP) is 4.17. The number of hydrogen-bond acceptors (Lipinski definition) is 8. The number of nitrogens with one attached hydrogen (secondary N) is 2. The fraction of sp³-hybridized carbons (Fsp3) is 0. The standard InChI is InChI=1S/C24H16ClN5O4S/c25-18-11-9-17(10-12-18)23(33)34-19-8-4-5-15(13-19)14-26-28-21(32)20(31)27-24-30-29-22(35-24)16-6-2-1-3-7-16/h1-14H,(H,28,32)(H,27,30,31)/b26-14+. The molecule has 174 valence electrons. The number of carbonyl (C=O) groups is 3. The number of hydrogen-bond donors (Lipinski definition) is 2. The Balaban J connectivity index is 1.30. The molecule has 0 spiro atoms. The van der Waals surface area contributed by atoms with Crippen molar-refractivity contribution in [3.05, 3.63) is 95.0 Å². The second kappa shape index (κ2) is 11.1. The summed E-state index contributed by atoms with van der Waals surface area (Å²) < 4.78 is 5.34. The molecule has 3 aromatic carbocycles. The van der Waals surface area contributed by atoms with Crippen LogP contribution < -0.4 is 15.5 Å². The lowest BCUT2D eigenvalue weighted by atomic mass is 10.2. The molecular weight excluding hydrogens is 490 g/mol. The average molecular weight is 506 g/mol. The fourth-order valence-corrected chi connectivity index (χ4v) is 3.62. The summed E-state index contributed by atoms with van der Waals surface area (Å²) in [4.78, 5) is 36.4. The zero-order valence-electron chi connectivity index (χ0n) is 17.8. The minimum absolute atomic E-state index is 0.184. The van der Waals surface area contributed by atoms with E-state index in [0.29, 0.717) is 21.2 Å². The maximum absolute atomic E-state index is 12.2. The van der Waals surface area contributed by atoms with Gasteiger partial charge in [-0.25, -0.2) is 10.2 Å². The maximum atomic E-state index is 12.2. The number of amides is 2. The molecule has 2 N–H and O–H groups in total.